The number of carbonyl (C=O) groups is 1. The molecule has 1 amide bonds. The van der Waals surface area contributed by atoms with E-state index in [-0.39, 0.29) is 11.9 Å². The second-order valence-electron chi connectivity index (χ2n) is 8.79. The third-order valence-electron chi connectivity index (χ3n) is 6.34. The SMILES string of the molecule is COc1cccc(C(=O)NC(C)c2nc3ccccc3n2CCCCOc2cccc(C)c2C)c1. The number of aromatic nitrogens is 2. The Morgan fingerprint density at radius 2 is 1.83 bits per heavy atom. The maximum Gasteiger partial charge on any atom is 0.251 e. The van der Waals surface area contributed by atoms with Crippen LogP contribution in [0.3, 0.4) is 0 Å². The van der Waals surface area contributed by atoms with Crippen LogP contribution in [0.5, 0.6) is 11.5 Å². The average molecular weight is 472 g/mol. The largest absolute Gasteiger partial charge is 0.497 e. The van der Waals surface area contributed by atoms with E-state index in [1.54, 1.807) is 19.2 Å². The summed E-state index contributed by atoms with van der Waals surface area (Å²) in [4.78, 5) is 17.7. The van der Waals surface area contributed by atoms with Crippen LogP contribution in [0.15, 0.2) is 66.7 Å². The molecule has 0 aliphatic carbocycles. The molecule has 1 atom stereocenters. The number of unbranched alkanes of at least 4 members (excludes halogenated alkanes) is 1. The molecule has 1 unspecified atom stereocenters. The van der Waals surface area contributed by atoms with Crippen molar-refractivity contribution >= 4 is 16.9 Å². The van der Waals surface area contributed by atoms with Crippen LogP contribution in [-0.2, 0) is 6.54 Å². The van der Waals surface area contributed by atoms with Crippen LogP contribution >= 0.6 is 0 Å². The molecule has 0 aliphatic heterocycles. The number of para-hydroxylation sites is 2. The van der Waals surface area contributed by atoms with E-state index < -0.39 is 0 Å². The summed E-state index contributed by atoms with van der Waals surface area (Å²) in [5, 5.41) is 3.10. The number of hydrogen-bond acceptors (Lipinski definition) is 4. The van der Waals surface area contributed by atoms with Crippen LogP contribution in [-0.4, -0.2) is 29.2 Å². The molecule has 182 valence electrons. The fraction of sp³-hybridized carbons (Fsp3) is 0.310. The van der Waals surface area contributed by atoms with Gasteiger partial charge in [0.15, 0.2) is 0 Å². The number of ether oxygens (including phenoxy) is 2. The monoisotopic (exact) mass is 471 g/mol. The lowest BCUT2D eigenvalue weighted by molar-refractivity contribution is 0.0937. The van der Waals surface area contributed by atoms with Crippen LogP contribution in [0.4, 0.5) is 0 Å². The first-order chi connectivity index (χ1) is 17.0. The van der Waals surface area contributed by atoms with Crippen molar-refractivity contribution in [3.05, 3.63) is 89.2 Å². The van der Waals surface area contributed by atoms with Crippen molar-refractivity contribution in [3.8, 4) is 11.5 Å². The summed E-state index contributed by atoms with van der Waals surface area (Å²) >= 11 is 0. The molecule has 1 N–H and O–H groups in total. The summed E-state index contributed by atoms with van der Waals surface area (Å²) in [5.74, 6) is 2.29. The third-order valence-corrected chi connectivity index (χ3v) is 6.34. The summed E-state index contributed by atoms with van der Waals surface area (Å²) in [6.45, 7) is 7.62. The van der Waals surface area contributed by atoms with Crippen LogP contribution in [0.25, 0.3) is 11.0 Å². The number of benzene rings is 3. The minimum absolute atomic E-state index is 0.156. The van der Waals surface area contributed by atoms with Crippen molar-refractivity contribution in [2.24, 2.45) is 0 Å². The predicted molar refractivity (Wildman–Crippen MR) is 139 cm³/mol. The third kappa shape index (κ3) is 5.65. The van der Waals surface area contributed by atoms with Gasteiger partial charge in [-0.1, -0.05) is 30.3 Å². The van der Waals surface area contributed by atoms with E-state index in [9.17, 15) is 4.79 Å². The van der Waals surface area contributed by atoms with Gasteiger partial charge in [-0.25, -0.2) is 4.98 Å². The molecule has 0 radical (unpaired) electrons. The van der Waals surface area contributed by atoms with Crippen LogP contribution < -0.4 is 14.8 Å². The topological polar surface area (TPSA) is 65.4 Å². The molecule has 4 rings (SSSR count). The molecule has 6 nitrogen and oxygen atoms in total. The predicted octanol–water partition coefficient (Wildman–Crippen LogP) is 6.01. The van der Waals surface area contributed by atoms with Crippen molar-refractivity contribution in [3.63, 3.8) is 0 Å². The molecule has 35 heavy (non-hydrogen) atoms. The van der Waals surface area contributed by atoms with Crippen molar-refractivity contribution < 1.29 is 14.3 Å². The zero-order valence-electron chi connectivity index (χ0n) is 20.9. The van der Waals surface area contributed by atoms with E-state index in [0.29, 0.717) is 17.9 Å². The summed E-state index contributed by atoms with van der Waals surface area (Å²) in [7, 11) is 1.59. The van der Waals surface area contributed by atoms with Gasteiger partial charge in [-0.2, -0.15) is 0 Å². The fourth-order valence-electron chi connectivity index (χ4n) is 4.20. The number of rotatable bonds is 10. The van der Waals surface area contributed by atoms with Crippen LogP contribution in [0.1, 0.15) is 53.1 Å². The van der Waals surface area contributed by atoms with Gasteiger partial charge in [0, 0.05) is 12.1 Å². The maximum absolute atomic E-state index is 12.9. The minimum Gasteiger partial charge on any atom is -0.497 e. The highest BCUT2D eigenvalue weighted by atomic mass is 16.5. The van der Waals surface area contributed by atoms with E-state index in [1.807, 2.05) is 49.4 Å². The van der Waals surface area contributed by atoms with Crippen molar-refractivity contribution in [2.75, 3.05) is 13.7 Å². The Labute approximate surface area is 206 Å². The summed E-state index contributed by atoms with van der Waals surface area (Å²) in [5.41, 5.74) is 4.98. The van der Waals surface area contributed by atoms with Gasteiger partial charge < -0.3 is 19.4 Å². The molecular formula is C29H33N3O3. The number of amides is 1. The first-order valence-corrected chi connectivity index (χ1v) is 12.1. The lowest BCUT2D eigenvalue weighted by atomic mass is 10.1. The molecule has 3 aromatic carbocycles. The summed E-state index contributed by atoms with van der Waals surface area (Å²) in [6, 6.07) is 21.1. The lowest BCUT2D eigenvalue weighted by Gasteiger charge is -2.17. The first-order valence-electron chi connectivity index (χ1n) is 12.1. The van der Waals surface area contributed by atoms with E-state index in [1.165, 1.54) is 11.1 Å². The lowest BCUT2D eigenvalue weighted by Crippen LogP contribution is -2.28. The van der Waals surface area contributed by atoms with E-state index in [2.05, 4.69) is 35.9 Å². The highest BCUT2D eigenvalue weighted by Crippen LogP contribution is 2.23. The molecule has 1 heterocycles. The number of nitrogens with one attached hydrogen (secondary N) is 1. The van der Waals surface area contributed by atoms with E-state index in [4.69, 9.17) is 14.5 Å². The fourth-order valence-corrected chi connectivity index (χ4v) is 4.20. The molecule has 0 aliphatic rings. The maximum atomic E-state index is 12.9. The van der Waals surface area contributed by atoms with Gasteiger partial charge in [0.25, 0.3) is 5.91 Å². The van der Waals surface area contributed by atoms with E-state index >= 15 is 0 Å². The van der Waals surface area contributed by atoms with Crippen LogP contribution in [0, 0.1) is 13.8 Å². The van der Waals surface area contributed by atoms with Gasteiger partial charge in [0.05, 0.1) is 30.8 Å². The van der Waals surface area contributed by atoms with Gasteiger partial charge in [-0.05, 0) is 81.1 Å². The van der Waals surface area contributed by atoms with Gasteiger partial charge in [0.2, 0.25) is 0 Å². The Balaban J connectivity index is 1.43. The average Bonchev–Trinajstić information content (AvgIpc) is 3.25. The number of nitrogens with zero attached hydrogens (tertiary/aromatic N) is 2. The molecule has 4 aromatic rings. The smallest absolute Gasteiger partial charge is 0.251 e. The molecule has 0 bridgehead atoms. The number of carbonyl (C=O) groups excluding carboxylic acids is 1. The van der Waals surface area contributed by atoms with Gasteiger partial charge in [-0.3, -0.25) is 4.79 Å². The quantitative estimate of drug-likeness (QED) is 0.288. The zero-order chi connectivity index (χ0) is 24.8. The summed E-state index contributed by atoms with van der Waals surface area (Å²) < 4.78 is 13.5. The molecular weight excluding hydrogens is 438 g/mol. The van der Waals surface area contributed by atoms with Gasteiger partial charge in [-0.15, -0.1) is 0 Å². The molecule has 0 saturated heterocycles. The van der Waals surface area contributed by atoms with Crippen molar-refractivity contribution in [2.45, 2.75) is 46.2 Å². The molecule has 0 fully saturated rings. The van der Waals surface area contributed by atoms with Crippen molar-refractivity contribution in [1.82, 2.24) is 14.9 Å². The molecule has 0 saturated carbocycles. The normalized spacial score (nSPS) is 11.9. The Morgan fingerprint density at radius 3 is 2.66 bits per heavy atom. The van der Waals surface area contributed by atoms with Gasteiger partial charge in [0.1, 0.15) is 17.3 Å². The molecule has 0 spiro atoms. The van der Waals surface area contributed by atoms with Crippen LogP contribution in [0.2, 0.25) is 0 Å². The zero-order valence-corrected chi connectivity index (χ0v) is 20.9. The second-order valence-corrected chi connectivity index (χ2v) is 8.79. The minimum atomic E-state index is -0.257. The number of methoxy groups -OCH3 is 1. The van der Waals surface area contributed by atoms with E-state index in [0.717, 1.165) is 42.0 Å². The standard InChI is InChI=1S/C29H33N3O3/c1-20-11-9-16-27(21(20)2)35-18-8-7-17-32-26-15-6-5-14-25(26)31-28(32)22(3)30-29(33)23-12-10-13-24(19-23)34-4/h5-6,9-16,19,22H,7-8,17-18H2,1-4H3,(H,30,33). The highest BCUT2D eigenvalue weighted by Gasteiger charge is 2.19. The Bertz CT molecular complexity index is 1310. The Morgan fingerprint density at radius 1 is 1.03 bits per heavy atom. The highest BCUT2D eigenvalue weighted by molar-refractivity contribution is 5.94. The number of imidazole rings is 1. The second kappa shape index (κ2) is 11.1. The number of fused-ring (bicyclic) bond motifs is 1. The summed E-state index contributed by atoms with van der Waals surface area (Å²) in [6.07, 6.45) is 1.86. The number of hydrogen-bond donors (Lipinski definition) is 1. The molecule has 6 heteroatoms. The van der Waals surface area contributed by atoms with Gasteiger partial charge >= 0.3 is 0 Å². The van der Waals surface area contributed by atoms with Crippen molar-refractivity contribution in [1.29, 1.82) is 0 Å². The molecule has 1 aromatic heterocycles. The first kappa shape index (κ1) is 24.3. The Hall–Kier alpha value is -3.80. The Kier molecular flexibility index (Phi) is 7.70. The number of aryl methyl sites for hydroxylation is 2.